The van der Waals surface area contributed by atoms with Gasteiger partial charge in [0.25, 0.3) is 0 Å². The molecule has 0 amide bonds. The normalized spacial score (nSPS) is 17.0. The Morgan fingerprint density at radius 1 is 1.35 bits per heavy atom. The third-order valence-corrected chi connectivity index (χ3v) is 4.65. The number of anilines is 1. The summed E-state index contributed by atoms with van der Waals surface area (Å²) in [6.45, 7) is 2.27. The largest absolute Gasteiger partial charge is 0.384 e. The van der Waals surface area contributed by atoms with E-state index >= 15 is 0 Å². The van der Waals surface area contributed by atoms with E-state index in [9.17, 15) is 0 Å². The number of hydrogen-bond donors (Lipinski definition) is 2. The summed E-state index contributed by atoms with van der Waals surface area (Å²) < 4.78 is 0. The minimum absolute atomic E-state index is 0.593. The molecule has 0 aliphatic heterocycles. The van der Waals surface area contributed by atoms with Gasteiger partial charge in [-0.1, -0.05) is 19.1 Å². The van der Waals surface area contributed by atoms with Gasteiger partial charge < -0.3 is 5.73 Å². The van der Waals surface area contributed by atoms with E-state index in [1.54, 1.807) is 0 Å². The fourth-order valence-corrected chi connectivity index (χ4v) is 3.50. The Bertz CT molecular complexity index is 948. The molecule has 0 saturated heterocycles. The summed E-state index contributed by atoms with van der Waals surface area (Å²) in [5.41, 5.74) is 11.8. The molecule has 0 bridgehead atoms. The van der Waals surface area contributed by atoms with E-state index in [0.29, 0.717) is 22.9 Å². The molecular weight excluding hydrogens is 286 g/mol. The number of aromatic amines is 1. The maximum atomic E-state index is 9.15. The second kappa shape index (κ2) is 5.10. The minimum Gasteiger partial charge on any atom is -0.384 e. The van der Waals surface area contributed by atoms with Gasteiger partial charge in [-0.3, -0.25) is 5.10 Å². The highest BCUT2D eigenvalue weighted by molar-refractivity contribution is 5.93. The van der Waals surface area contributed by atoms with E-state index in [4.69, 9.17) is 16.0 Å². The number of nitrogens with one attached hydrogen (secondary N) is 1. The third-order valence-electron chi connectivity index (χ3n) is 4.65. The van der Waals surface area contributed by atoms with E-state index in [0.717, 1.165) is 35.9 Å². The summed E-state index contributed by atoms with van der Waals surface area (Å²) in [6, 6.07) is 9.80. The van der Waals surface area contributed by atoms with Crippen LogP contribution < -0.4 is 5.73 Å². The predicted octanol–water partition coefficient (Wildman–Crippen LogP) is 3.20. The van der Waals surface area contributed by atoms with E-state index < -0.39 is 0 Å². The second-order valence-electron chi connectivity index (χ2n) is 6.29. The van der Waals surface area contributed by atoms with Gasteiger partial charge in [0.2, 0.25) is 0 Å². The van der Waals surface area contributed by atoms with Gasteiger partial charge >= 0.3 is 0 Å². The number of H-pyrrole nitrogens is 1. The van der Waals surface area contributed by atoms with Gasteiger partial charge in [-0.25, -0.2) is 4.98 Å². The summed E-state index contributed by atoms with van der Waals surface area (Å²) in [5, 5.41) is 17.2. The lowest BCUT2D eigenvalue weighted by Gasteiger charge is -2.24. The fraction of sp³-hybridized carbons (Fsp3) is 0.278. The molecule has 5 heteroatoms. The third kappa shape index (κ3) is 2.15. The number of rotatable bonds is 1. The van der Waals surface area contributed by atoms with E-state index in [1.165, 1.54) is 11.1 Å². The van der Waals surface area contributed by atoms with Gasteiger partial charge in [0, 0.05) is 5.56 Å². The maximum absolute atomic E-state index is 9.15. The van der Waals surface area contributed by atoms with Crippen LogP contribution in [0.1, 0.15) is 30.0 Å². The first-order valence-corrected chi connectivity index (χ1v) is 7.83. The van der Waals surface area contributed by atoms with Gasteiger partial charge in [0.05, 0.1) is 22.7 Å². The van der Waals surface area contributed by atoms with Crippen LogP contribution in [0.15, 0.2) is 24.3 Å². The molecule has 1 atom stereocenters. The summed E-state index contributed by atoms with van der Waals surface area (Å²) in [4.78, 5) is 4.75. The molecule has 1 unspecified atom stereocenters. The Labute approximate surface area is 134 Å². The van der Waals surface area contributed by atoms with Crippen LogP contribution in [0, 0.1) is 17.2 Å². The summed E-state index contributed by atoms with van der Waals surface area (Å²) in [7, 11) is 0. The lowest BCUT2D eigenvalue weighted by molar-refractivity contribution is 0.503. The van der Waals surface area contributed by atoms with Crippen LogP contribution in [-0.2, 0) is 12.8 Å². The molecule has 0 fully saturated rings. The zero-order valence-corrected chi connectivity index (χ0v) is 12.9. The molecule has 2 heterocycles. The predicted molar refractivity (Wildman–Crippen MR) is 89.6 cm³/mol. The molecule has 1 aliphatic carbocycles. The molecule has 4 rings (SSSR count). The molecule has 2 aromatic heterocycles. The molecule has 1 aromatic carbocycles. The number of nitrogen functional groups attached to an aromatic ring is 1. The van der Waals surface area contributed by atoms with Gasteiger partial charge in [-0.15, -0.1) is 0 Å². The van der Waals surface area contributed by atoms with Crippen molar-refractivity contribution in [2.24, 2.45) is 5.92 Å². The number of hydrogen-bond acceptors (Lipinski definition) is 4. The van der Waals surface area contributed by atoms with Crippen LogP contribution in [0.4, 0.5) is 5.82 Å². The van der Waals surface area contributed by atoms with E-state index in [-0.39, 0.29) is 0 Å². The smallest absolute Gasteiger partial charge is 0.183 e. The van der Waals surface area contributed by atoms with Crippen molar-refractivity contribution in [2.75, 3.05) is 5.73 Å². The van der Waals surface area contributed by atoms with Crippen LogP contribution >= 0.6 is 0 Å². The van der Waals surface area contributed by atoms with Gasteiger partial charge in [-0.2, -0.15) is 10.4 Å². The number of nitriles is 1. The Balaban J connectivity index is 2.02. The molecule has 0 radical (unpaired) electrons. The van der Waals surface area contributed by atoms with E-state index in [2.05, 4.69) is 23.2 Å². The topological polar surface area (TPSA) is 91.4 Å². The van der Waals surface area contributed by atoms with Gasteiger partial charge in [0.15, 0.2) is 5.65 Å². The fourth-order valence-electron chi connectivity index (χ4n) is 3.50. The molecule has 0 saturated carbocycles. The Kier molecular flexibility index (Phi) is 3.05. The number of benzene rings is 1. The molecule has 0 spiro atoms. The standard InChI is InChI=1S/C18H17N5/c1-10-5-6-13-14(7-10)15-17(20)22-23-18(15)21-16(13)12-4-2-3-11(8-12)9-19/h2-4,8,10H,5-7H2,1H3,(H3,20,21,22,23). The van der Waals surface area contributed by atoms with Gasteiger partial charge in [0.1, 0.15) is 5.82 Å². The zero-order chi connectivity index (χ0) is 16.0. The number of nitrogens with two attached hydrogens (primary N) is 1. The van der Waals surface area contributed by atoms with Crippen molar-refractivity contribution in [3.05, 3.63) is 41.0 Å². The lowest BCUT2D eigenvalue weighted by atomic mass is 9.82. The Morgan fingerprint density at radius 3 is 3.04 bits per heavy atom. The average Bonchev–Trinajstić information content (AvgIpc) is 2.95. The quantitative estimate of drug-likeness (QED) is 0.722. The first-order chi connectivity index (χ1) is 11.2. The number of nitrogens with zero attached hydrogens (tertiary/aromatic N) is 3. The van der Waals surface area contributed by atoms with Crippen LogP contribution in [0.3, 0.4) is 0 Å². The second-order valence-corrected chi connectivity index (χ2v) is 6.29. The number of fused-ring (bicyclic) bond motifs is 3. The van der Waals surface area contributed by atoms with Crippen LogP contribution in [0.5, 0.6) is 0 Å². The van der Waals surface area contributed by atoms with Crippen LogP contribution in [-0.4, -0.2) is 15.2 Å². The SMILES string of the molecule is CC1CCc2c(-c3cccc(C#N)c3)nc3n[nH]c(N)c3c2C1. The van der Waals surface area contributed by atoms with Crippen LogP contribution in [0.25, 0.3) is 22.3 Å². The summed E-state index contributed by atoms with van der Waals surface area (Å²) >= 11 is 0. The summed E-state index contributed by atoms with van der Waals surface area (Å²) in [6.07, 6.45) is 3.11. The average molecular weight is 303 g/mol. The van der Waals surface area contributed by atoms with Crippen molar-refractivity contribution in [2.45, 2.75) is 26.2 Å². The summed E-state index contributed by atoms with van der Waals surface area (Å²) in [5.74, 6) is 1.22. The Hall–Kier alpha value is -2.87. The molecule has 1 aliphatic rings. The maximum Gasteiger partial charge on any atom is 0.183 e. The lowest BCUT2D eigenvalue weighted by Crippen LogP contribution is -2.14. The van der Waals surface area contributed by atoms with Crippen molar-refractivity contribution in [3.8, 4) is 17.3 Å². The first-order valence-electron chi connectivity index (χ1n) is 7.83. The van der Waals surface area contributed by atoms with Gasteiger partial charge in [-0.05, 0) is 48.4 Å². The highest BCUT2D eigenvalue weighted by Gasteiger charge is 2.25. The van der Waals surface area contributed by atoms with E-state index in [1.807, 2.05) is 24.3 Å². The van der Waals surface area contributed by atoms with Crippen molar-refractivity contribution in [3.63, 3.8) is 0 Å². The number of pyridine rings is 1. The monoisotopic (exact) mass is 303 g/mol. The van der Waals surface area contributed by atoms with Crippen molar-refractivity contribution in [1.29, 1.82) is 5.26 Å². The molecular formula is C18H17N5. The molecule has 114 valence electrons. The molecule has 3 N–H and O–H groups in total. The molecule has 5 nitrogen and oxygen atoms in total. The number of aromatic nitrogens is 3. The minimum atomic E-state index is 0.593. The highest BCUT2D eigenvalue weighted by Crippen LogP contribution is 2.37. The van der Waals surface area contributed by atoms with Crippen LogP contribution in [0.2, 0.25) is 0 Å². The zero-order valence-electron chi connectivity index (χ0n) is 12.9. The highest BCUT2D eigenvalue weighted by atomic mass is 15.2. The van der Waals surface area contributed by atoms with Crippen molar-refractivity contribution < 1.29 is 0 Å². The Morgan fingerprint density at radius 2 is 2.22 bits per heavy atom. The molecule has 23 heavy (non-hydrogen) atoms. The van der Waals surface area contributed by atoms with Crippen molar-refractivity contribution in [1.82, 2.24) is 15.2 Å². The molecule has 3 aromatic rings. The first kappa shape index (κ1) is 13.8. The van der Waals surface area contributed by atoms with Crippen molar-refractivity contribution >= 4 is 16.9 Å².